The molecule has 3 rings (SSSR count). The van der Waals surface area contributed by atoms with Crippen molar-refractivity contribution in [1.29, 1.82) is 0 Å². The molecular weight excluding hydrogens is 294 g/mol. The van der Waals surface area contributed by atoms with E-state index in [9.17, 15) is 9.59 Å². The molecule has 1 aliphatic heterocycles. The molecule has 0 spiro atoms. The van der Waals surface area contributed by atoms with E-state index in [0.29, 0.717) is 18.2 Å². The number of carbonyl (C=O) groups excluding carboxylic acids is 2. The van der Waals surface area contributed by atoms with Gasteiger partial charge in [-0.2, -0.15) is 0 Å². The van der Waals surface area contributed by atoms with Gasteiger partial charge in [-0.1, -0.05) is 6.92 Å². The number of hydrogen-bond acceptors (Lipinski definition) is 3. The topological polar surface area (TPSA) is 79.5 Å². The number of urea groups is 1. The zero-order valence-corrected chi connectivity index (χ0v) is 13.3. The molecule has 0 bridgehead atoms. The van der Waals surface area contributed by atoms with Crippen LogP contribution in [0.1, 0.15) is 26.2 Å². The molecule has 3 amide bonds. The Balaban J connectivity index is 1.43. The summed E-state index contributed by atoms with van der Waals surface area (Å²) < 4.78 is 5.46. The third kappa shape index (κ3) is 4.45. The summed E-state index contributed by atoms with van der Waals surface area (Å²) in [5.41, 5.74) is 1.44. The lowest BCUT2D eigenvalue weighted by atomic mass is 10.2. The standard InChI is InChI=1S/C17H23N3O3/c1-11-9-15(11)16(21)19-12-4-6-13(7-5-12)20-17(22)18-10-14-3-2-8-23-14/h4-7,11,14-15H,2-3,8-10H2,1H3,(H,19,21)(H2,18,20,22). The highest BCUT2D eigenvalue weighted by atomic mass is 16.5. The second kappa shape index (κ2) is 7.00. The largest absolute Gasteiger partial charge is 0.376 e. The Labute approximate surface area is 136 Å². The Kier molecular flexibility index (Phi) is 4.81. The van der Waals surface area contributed by atoms with Gasteiger partial charge in [0, 0.05) is 30.4 Å². The number of hydrogen-bond donors (Lipinski definition) is 3. The zero-order valence-electron chi connectivity index (χ0n) is 13.3. The molecule has 1 saturated carbocycles. The first-order valence-electron chi connectivity index (χ1n) is 8.19. The lowest BCUT2D eigenvalue weighted by Gasteiger charge is -2.12. The van der Waals surface area contributed by atoms with E-state index in [1.54, 1.807) is 24.3 Å². The van der Waals surface area contributed by atoms with Gasteiger partial charge in [0.05, 0.1) is 6.10 Å². The molecule has 2 fully saturated rings. The van der Waals surface area contributed by atoms with Crippen molar-refractivity contribution in [3.05, 3.63) is 24.3 Å². The van der Waals surface area contributed by atoms with E-state index in [1.165, 1.54) is 0 Å². The van der Waals surface area contributed by atoms with Crippen molar-refractivity contribution in [1.82, 2.24) is 5.32 Å². The molecule has 1 saturated heterocycles. The van der Waals surface area contributed by atoms with Crippen LogP contribution in [0, 0.1) is 11.8 Å². The molecule has 2 aliphatic rings. The second-order valence-corrected chi connectivity index (χ2v) is 6.36. The zero-order chi connectivity index (χ0) is 16.2. The van der Waals surface area contributed by atoms with Gasteiger partial charge in [-0.25, -0.2) is 4.79 Å². The van der Waals surface area contributed by atoms with Crippen molar-refractivity contribution in [3.8, 4) is 0 Å². The minimum atomic E-state index is -0.246. The van der Waals surface area contributed by atoms with Gasteiger partial charge in [-0.15, -0.1) is 0 Å². The van der Waals surface area contributed by atoms with Crippen molar-refractivity contribution in [2.24, 2.45) is 11.8 Å². The number of amides is 3. The van der Waals surface area contributed by atoms with E-state index >= 15 is 0 Å². The van der Waals surface area contributed by atoms with Gasteiger partial charge in [0.2, 0.25) is 5.91 Å². The molecule has 1 aromatic carbocycles. The highest BCUT2D eigenvalue weighted by molar-refractivity contribution is 5.95. The fraction of sp³-hybridized carbons (Fsp3) is 0.529. The number of anilines is 2. The Hall–Kier alpha value is -2.08. The molecule has 1 heterocycles. The summed E-state index contributed by atoms with van der Waals surface area (Å²) in [6.07, 6.45) is 3.15. The van der Waals surface area contributed by atoms with E-state index in [4.69, 9.17) is 4.74 Å². The number of rotatable bonds is 5. The normalized spacial score (nSPS) is 25.7. The second-order valence-electron chi connectivity index (χ2n) is 6.36. The van der Waals surface area contributed by atoms with E-state index < -0.39 is 0 Å². The average molecular weight is 317 g/mol. The molecular formula is C17H23N3O3. The first-order chi connectivity index (χ1) is 11.1. The van der Waals surface area contributed by atoms with Gasteiger partial charge in [-0.05, 0) is 49.4 Å². The smallest absolute Gasteiger partial charge is 0.319 e. The van der Waals surface area contributed by atoms with Crippen molar-refractivity contribution in [3.63, 3.8) is 0 Å². The fourth-order valence-electron chi connectivity index (χ4n) is 2.75. The fourth-order valence-corrected chi connectivity index (χ4v) is 2.75. The maximum absolute atomic E-state index is 11.9. The summed E-state index contributed by atoms with van der Waals surface area (Å²) in [5, 5.41) is 8.47. The Morgan fingerprint density at radius 2 is 1.83 bits per heavy atom. The monoisotopic (exact) mass is 317 g/mol. The van der Waals surface area contributed by atoms with Crippen LogP contribution in [0.3, 0.4) is 0 Å². The van der Waals surface area contributed by atoms with Crippen LogP contribution in [0.15, 0.2) is 24.3 Å². The van der Waals surface area contributed by atoms with Crippen LogP contribution in [0.2, 0.25) is 0 Å². The van der Waals surface area contributed by atoms with Gasteiger partial charge in [0.15, 0.2) is 0 Å². The maximum atomic E-state index is 11.9. The quantitative estimate of drug-likeness (QED) is 0.781. The molecule has 3 unspecified atom stereocenters. The molecule has 3 atom stereocenters. The van der Waals surface area contributed by atoms with E-state index in [-0.39, 0.29) is 24.0 Å². The Bertz CT molecular complexity index is 567. The summed E-state index contributed by atoms with van der Waals surface area (Å²) in [6.45, 7) is 3.38. The summed E-state index contributed by atoms with van der Waals surface area (Å²) in [4.78, 5) is 23.7. The molecule has 0 radical (unpaired) electrons. The Morgan fingerprint density at radius 1 is 1.17 bits per heavy atom. The van der Waals surface area contributed by atoms with E-state index in [1.807, 2.05) is 0 Å². The van der Waals surface area contributed by atoms with Crippen LogP contribution < -0.4 is 16.0 Å². The summed E-state index contributed by atoms with van der Waals surface area (Å²) in [5.74, 6) is 0.715. The van der Waals surface area contributed by atoms with Gasteiger partial charge in [-0.3, -0.25) is 4.79 Å². The highest BCUT2D eigenvalue weighted by Crippen LogP contribution is 2.38. The lowest BCUT2D eigenvalue weighted by molar-refractivity contribution is -0.117. The molecule has 1 aromatic rings. The van der Waals surface area contributed by atoms with Gasteiger partial charge >= 0.3 is 6.03 Å². The summed E-state index contributed by atoms with van der Waals surface area (Å²) >= 11 is 0. The predicted octanol–water partition coefficient (Wildman–Crippen LogP) is 2.58. The number of benzene rings is 1. The van der Waals surface area contributed by atoms with Crippen LogP contribution in [0.4, 0.5) is 16.2 Å². The van der Waals surface area contributed by atoms with Crippen molar-refractivity contribution in [2.45, 2.75) is 32.3 Å². The molecule has 6 heteroatoms. The van der Waals surface area contributed by atoms with E-state index in [2.05, 4.69) is 22.9 Å². The van der Waals surface area contributed by atoms with Crippen LogP contribution in [0.5, 0.6) is 0 Å². The highest BCUT2D eigenvalue weighted by Gasteiger charge is 2.38. The lowest BCUT2D eigenvalue weighted by Crippen LogP contribution is -2.35. The van der Waals surface area contributed by atoms with Gasteiger partial charge < -0.3 is 20.7 Å². The molecule has 124 valence electrons. The first kappa shape index (κ1) is 15.8. The molecule has 1 aliphatic carbocycles. The van der Waals surface area contributed by atoms with Crippen molar-refractivity contribution in [2.75, 3.05) is 23.8 Å². The van der Waals surface area contributed by atoms with E-state index in [0.717, 1.165) is 31.6 Å². The number of ether oxygens (including phenoxy) is 1. The van der Waals surface area contributed by atoms with Crippen molar-refractivity contribution < 1.29 is 14.3 Å². The predicted molar refractivity (Wildman–Crippen MR) is 88.3 cm³/mol. The number of nitrogens with one attached hydrogen (secondary N) is 3. The summed E-state index contributed by atoms with van der Waals surface area (Å²) in [6, 6.07) is 6.89. The number of carbonyl (C=O) groups is 2. The Morgan fingerprint density at radius 3 is 2.39 bits per heavy atom. The summed E-state index contributed by atoms with van der Waals surface area (Å²) in [7, 11) is 0. The van der Waals surface area contributed by atoms with Gasteiger partial charge in [0.25, 0.3) is 0 Å². The molecule has 0 aromatic heterocycles. The first-order valence-corrected chi connectivity index (χ1v) is 8.19. The minimum absolute atomic E-state index is 0.0764. The van der Waals surface area contributed by atoms with Crippen LogP contribution >= 0.6 is 0 Å². The average Bonchev–Trinajstić information content (AvgIpc) is 3.06. The minimum Gasteiger partial charge on any atom is -0.376 e. The molecule has 23 heavy (non-hydrogen) atoms. The van der Waals surface area contributed by atoms with Crippen molar-refractivity contribution >= 4 is 23.3 Å². The third-order valence-electron chi connectivity index (χ3n) is 4.37. The van der Waals surface area contributed by atoms with Crippen LogP contribution in [-0.4, -0.2) is 31.2 Å². The molecule has 3 N–H and O–H groups in total. The van der Waals surface area contributed by atoms with Crippen LogP contribution in [-0.2, 0) is 9.53 Å². The van der Waals surface area contributed by atoms with Gasteiger partial charge in [0.1, 0.15) is 0 Å². The maximum Gasteiger partial charge on any atom is 0.319 e. The van der Waals surface area contributed by atoms with Crippen LogP contribution in [0.25, 0.3) is 0 Å². The SMILES string of the molecule is CC1CC1C(=O)Nc1ccc(NC(=O)NCC2CCCO2)cc1. The molecule has 6 nitrogen and oxygen atoms in total. The third-order valence-corrected chi connectivity index (χ3v) is 4.37.